The van der Waals surface area contributed by atoms with Crippen molar-refractivity contribution in [2.24, 2.45) is 0 Å². The van der Waals surface area contributed by atoms with Gasteiger partial charge in [-0.2, -0.15) is 5.10 Å². The van der Waals surface area contributed by atoms with Crippen molar-refractivity contribution >= 4 is 11.9 Å². The quantitative estimate of drug-likeness (QED) is 0.602. The summed E-state index contributed by atoms with van der Waals surface area (Å²) >= 11 is 0. The lowest BCUT2D eigenvalue weighted by Gasteiger charge is -2.19. The van der Waals surface area contributed by atoms with Crippen LogP contribution in [0.25, 0.3) is 0 Å². The van der Waals surface area contributed by atoms with Crippen LogP contribution in [0.3, 0.4) is 0 Å². The summed E-state index contributed by atoms with van der Waals surface area (Å²) in [6.07, 6.45) is 0.693. The van der Waals surface area contributed by atoms with Gasteiger partial charge < -0.3 is 15.1 Å². The van der Waals surface area contributed by atoms with Gasteiger partial charge in [-0.3, -0.25) is 9.89 Å². The highest BCUT2D eigenvalue weighted by Gasteiger charge is 2.39. The smallest absolute Gasteiger partial charge is 0.326 e. The van der Waals surface area contributed by atoms with Crippen molar-refractivity contribution in [2.45, 2.75) is 18.6 Å². The summed E-state index contributed by atoms with van der Waals surface area (Å²) in [6, 6.07) is 0.497. The minimum absolute atomic E-state index is 0.0365. The number of nitrogens with one attached hydrogen (secondary N) is 1. The molecule has 0 radical (unpaired) electrons. The molecule has 0 saturated carbocycles. The maximum absolute atomic E-state index is 11.8. The zero-order valence-corrected chi connectivity index (χ0v) is 8.33. The molecule has 1 aromatic heterocycles. The number of amides is 1. The monoisotopic (exact) mass is 225 g/mol. The van der Waals surface area contributed by atoms with Crippen LogP contribution in [0.15, 0.2) is 12.3 Å². The molecule has 1 aromatic rings. The average Bonchev–Trinajstić information content (AvgIpc) is 2.84. The van der Waals surface area contributed by atoms with E-state index in [1.165, 1.54) is 12.3 Å². The van der Waals surface area contributed by atoms with Crippen LogP contribution in [-0.2, 0) is 4.79 Å². The zero-order valence-electron chi connectivity index (χ0n) is 8.33. The molecule has 2 heterocycles. The van der Waals surface area contributed by atoms with Gasteiger partial charge >= 0.3 is 5.97 Å². The first-order valence-electron chi connectivity index (χ1n) is 4.81. The minimum Gasteiger partial charge on any atom is -0.480 e. The van der Waals surface area contributed by atoms with Crippen molar-refractivity contribution in [3.63, 3.8) is 0 Å². The fraction of sp³-hybridized carbons (Fsp3) is 0.444. The largest absolute Gasteiger partial charge is 0.480 e. The molecule has 16 heavy (non-hydrogen) atoms. The Morgan fingerprint density at radius 2 is 2.31 bits per heavy atom. The molecule has 2 atom stereocenters. The first-order chi connectivity index (χ1) is 7.59. The number of hydrogen-bond acceptors (Lipinski definition) is 4. The number of aliphatic hydroxyl groups is 1. The summed E-state index contributed by atoms with van der Waals surface area (Å²) in [5.74, 6) is -1.56. The van der Waals surface area contributed by atoms with Gasteiger partial charge in [0.05, 0.1) is 6.10 Å². The summed E-state index contributed by atoms with van der Waals surface area (Å²) < 4.78 is 0. The number of likely N-dealkylation sites (tertiary alicyclic amines) is 1. The van der Waals surface area contributed by atoms with E-state index in [0.29, 0.717) is 0 Å². The molecule has 2 rings (SSSR count). The van der Waals surface area contributed by atoms with Crippen LogP contribution in [0.5, 0.6) is 0 Å². The van der Waals surface area contributed by atoms with Gasteiger partial charge in [-0.1, -0.05) is 0 Å². The molecule has 0 aliphatic carbocycles. The molecule has 0 unspecified atom stereocenters. The topological polar surface area (TPSA) is 107 Å². The van der Waals surface area contributed by atoms with Crippen LogP contribution >= 0.6 is 0 Å². The summed E-state index contributed by atoms with van der Waals surface area (Å²) in [7, 11) is 0. The lowest BCUT2D eigenvalue weighted by molar-refractivity contribution is -0.141. The molecule has 1 aliphatic rings. The number of aromatic amines is 1. The first kappa shape index (κ1) is 10.6. The van der Waals surface area contributed by atoms with E-state index in [9.17, 15) is 14.7 Å². The molecule has 0 spiro atoms. The molecule has 1 amide bonds. The van der Waals surface area contributed by atoms with Crippen LogP contribution < -0.4 is 0 Å². The third-order valence-electron chi connectivity index (χ3n) is 2.56. The van der Waals surface area contributed by atoms with E-state index in [1.54, 1.807) is 0 Å². The Bertz CT molecular complexity index is 403. The van der Waals surface area contributed by atoms with Crippen LogP contribution in [0.1, 0.15) is 16.9 Å². The number of carboxylic acid groups (broad SMARTS) is 1. The van der Waals surface area contributed by atoms with Crippen molar-refractivity contribution in [1.82, 2.24) is 15.1 Å². The highest BCUT2D eigenvalue weighted by atomic mass is 16.4. The second kappa shape index (κ2) is 3.93. The van der Waals surface area contributed by atoms with Gasteiger partial charge in [0.15, 0.2) is 0 Å². The molecule has 3 N–H and O–H groups in total. The highest BCUT2D eigenvalue weighted by molar-refractivity contribution is 5.95. The van der Waals surface area contributed by atoms with E-state index in [2.05, 4.69) is 10.2 Å². The number of hydrogen-bond donors (Lipinski definition) is 3. The maximum Gasteiger partial charge on any atom is 0.326 e. The van der Waals surface area contributed by atoms with Crippen molar-refractivity contribution in [3.05, 3.63) is 18.0 Å². The fourth-order valence-electron chi connectivity index (χ4n) is 1.80. The summed E-state index contributed by atoms with van der Waals surface area (Å²) in [5.41, 5.74) is 0.223. The Labute approximate surface area is 90.7 Å². The van der Waals surface area contributed by atoms with Crippen LogP contribution in [-0.4, -0.2) is 55.9 Å². The Morgan fingerprint density at radius 1 is 1.56 bits per heavy atom. The van der Waals surface area contributed by atoms with E-state index < -0.39 is 24.0 Å². The first-order valence-corrected chi connectivity index (χ1v) is 4.81. The number of H-pyrrole nitrogens is 1. The number of carbonyl (C=O) groups is 2. The summed E-state index contributed by atoms with van der Waals surface area (Å²) in [5, 5.41) is 24.4. The Hall–Kier alpha value is -1.89. The van der Waals surface area contributed by atoms with Crippen molar-refractivity contribution in [2.75, 3.05) is 6.54 Å². The van der Waals surface area contributed by atoms with Crippen LogP contribution in [0.2, 0.25) is 0 Å². The third kappa shape index (κ3) is 1.76. The highest BCUT2D eigenvalue weighted by Crippen LogP contribution is 2.20. The van der Waals surface area contributed by atoms with E-state index in [-0.39, 0.29) is 18.7 Å². The second-order valence-corrected chi connectivity index (χ2v) is 3.67. The van der Waals surface area contributed by atoms with Gasteiger partial charge in [-0.15, -0.1) is 0 Å². The zero-order chi connectivity index (χ0) is 11.7. The molecule has 1 fully saturated rings. The van der Waals surface area contributed by atoms with Gasteiger partial charge in [0.1, 0.15) is 11.7 Å². The van der Waals surface area contributed by atoms with Crippen molar-refractivity contribution < 1.29 is 19.8 Å². The second-order valence-electron chi connectivity index (χ2n) is 3.67. The van der Waals surface area contributed by atoms with E-state index in [0.717, 1.165) is 4.90 Å². The number of aliphatic hydroxyl groups excluding tert-OH is 1. The number of β-amino-alcohol motifs (C(OH)–C–C–N with tert-alkyl or cyclic N) is 1. The van der Waals surface area contributed by atoms with Gasteiger partial charge in [0, 0.05) is 19.2 Å². The summed E-state index contributed by atoms with van der Waals surface area (Å²) in [4.78, 5) is 23.9. The number of carbonyl (C=O) groups excluding carboxylic acids is 1. The molecule has 0 bridgehead atoms. The average molecular weight is 225 g/mol. The van der Waals surface area contributed by atoms with Crippen LogP contribution in [0, 0.1) is 0 Å². The molecule has 1 saturated heterocycles. The molecular formula is C9H11N3O4. The Balaban J connectivity index is 2.20. The van der Waals surface area contributed by atoms with Gasteiger partial charge in [-0.05, 0) is 6.07 Å². The maximum atomic E-state index is 11.8. The molecule has 1 aliphatic heterocycles. The van der Waals surface area contributed by atoms with E-state index >= 15 is 0 Å². The van der Waals surface area contributed by atoms with Gasteiger partial charge in [0.25, 0.3) is 5.91 Å². The normalized spacial score (nSPS) is 24.7. The minimum atomic E-state index is -1.11. The SMILES string of the molecule is O=C(O)[C@@H]1C[C@H](O)CN1C(=O)c1ccn[nH]1. The Kier molecular flexibility index (Phi) is 2.61. The molecule has 7 nitrogen and oxygen atoms in total. The van der Waals surface area contributed by atoms with Crippen molar-refractivity contribution in [3.8, 4) is 0 Å². The summed E-state index contributed by atoms with van der Waals surface area (Å²) in [6.45, 7) is 0.0365. The molecule has 7 heteroatoms. The van der Waals surface area contributed by atoms with E-state index in [4.69, 9.17) is 5.11 Å². The molecular weight excluding hydrogens is 214 g/mol. The molecule has 86 valence electrons. The van der Waals surface area contributed by atoms with Gasteiger partial charge in [0.2, 0.25) is 0 Å². The predicted molar refractivity (Wildman–Crippen MR) is 51.7 cm³/mol. The van der Waals surface area contributed by atoms with Crippen molar-refractivity contribution in [1.29, 1.82) is 0 Å². The Morgan fingerprint density at radius 3 is 2.88 bits per heavy atom. The lowest BCUT2D eigenvalue weighted by Crippen LogP contribution is -2.40. The standard InChI is InChI=1S/C9H11N3O4/c13-5-3-7(9(15)16)12(4-5)8(14)6-1-2-10-11-6/h1-2,5,7,13H,3-4H2,(H,10,11)(H,15,16)/t5-,7-/m0/s1. The fourth-order valence-corrected chi connectivity index (χ4v) is 1.80. The van der Waals surface area contributed by atoms with Crippen LogP contribution in [0.4, 0.5) is 0 Å². The van der Waals surface area contributed by atoms with Gasteiger partial charge in [-0.25, -0.2) is 4.79 Å². The number of rotatable bonds is 2. The third-order valence-corrected chi connectivity index (χ3v) is 2.56. The predicted octanol–water partition coefficient (Wildman–Crippen LogP) is -0.930. The lowest BCUT2D eigenvalue weighted by atomic mass is 10.2. The van der Waals surface area contributed by atoms with E-state index in [1.807, 2.05) is 0 Å². The molecule has 0 aromatic carbocycles. The number of aliphatic carboxylic acids is 1. The number of aromatic nitrogens is 2. The number of carboxylic acids is 1. The number of nitrogens with zero attached hydrogens (tertiary/aromatic N) is 2.